The van der Waals surface area contributed by atoms with Gasteiger partial charge in [-0.05, 0) is 33.2 Å². The second-order valence-electron chi connectivity index (χ2n) is 4.30. The molecule has 84 valence electrons. The molecule has 1 saturated heterocycles. The Kier molecular flexibility index (Phi) is 3.07. The van der Waals surface area contributed by atoms with E-state index >= 15 is 0 Å². The van der Waals surface area contributed by atoms with Crippen molar-refractivity contribution in [3.8, 4) is 0 Å². The Morgan fingerprint density at radius 3 is 2.93 bits per heavy atom. The highest BCUT2D eigenvalue weighted by Gasteiger charge is 2.24. The van der Waals surface area contributed by atoms with E-state index in [-0.39, 0.29) is 0 Å². The Hall–Kier alpha value is -0.870. The lowest BCUT2D eigenvalue weighted by molar-refractivity contribution is 0.248. The van der Waals surface area contributed by atoms with Crippen LogP contribution in [0.4, 0.5) is 0 Å². The highest BCUT2D eigenvalue weighted by molar-refractivity contribution is 5.20. The van der Waals surface area contributed by atoms with Crippen molar-refractivity contribution >= 4 is 0 Å². The molecule has 1 atom stereocenters. The van der Waals surface area contributed by atoms with E-state index in [2.05, 4.69) is 10.1 Å². The van der Waals surface area contributed by atoms with Crippen LogP contribution in [0.15, 0.2) is 4.52 Å². The zero-order valence-corrected chi connectivity index (χ0v) is 9.49. The fourth-order valence-corrected chi connectivity index (χ4v) is 2.30. The highest BCUT2D eigenvalue weighted by Crippen LogP contribution is 2.22. The van der Waals surface area contributed by atoms with Crippen LogP contribution >= 0.6 is 0 Å². The van der Waals surface area contributed by atoms with E-state index < -0.39 is 0 Å². The molecular weight excluding hydrogens is 190 g/mol. The fraction of sp³-hybridized carbons (Fsp3) is 0.727. The molecule has 2 N–H and O–H groups in total. The normalized spacial score (nSPS) is 22.5. The monoisotopic (exact) mass is 209 g/mol. The third kappa shape index (κ3) is 2.06. The van der Waals surface area contributed by atoms with E-state index in [1.807, 2.05) is 13.8 Å². The fourth-order valence-electron chi connectivity index (χ4n) is 2.30. The van der Waals surface area contributed by atoms with E-state index in [0.29, 0.717) is 6.04 Å². The Labute approximate surface area is 90.4 Å². The van der Waals surface area contributed by atoms with Gasteiger partial charge in [0.05, 0.1) is 5.69 Å². The number of aromatic nitrogens is 1. The quantitative estimate of drug-likeness (QED) is 0.813. The number of likely N-dealkylation sites (tertiary alicyclic amines) is 1. The van der Waals surface area contributed by atoms with Gasteiger partial charge in [0, 0.05) is 24.7 Å². The zero-order chi connectivity index (χ0) is 10.8. The van der Waals surface area contributed by atoms with Crippen LogP contribution in [-0.2, 0) is 6.54 Å². The van der Waals surface area contributed by atoms with E-state index in [9.17, 15) is 0 Å². The lowest BCUT2D eigenvalue weighted by Gasteiger charge is -2.22. The van der Waals surface area contributed by atoms with Crippen molar-refractivity contribution in [1.29, 1.82) is 0 Å². The molecule has 1 aromatic heterocycles. The van der Waals surface area contributed by atoms with E-state index in [0.717, 1.165) is 31.1 Å². The summed E-state index contributed by atoms with van der Waals surface area (Å²) in [6.07, 6.45) is 2.48. The number of rotatable bonds is 3. The lowest BCUT2D eigenvalue weighted by atomic mass is 10.1. The summed E-state index contributed by atoms with van der Waals surface area (Å²) in [7, 11) is 0. The van der Waals surface area contributed by atoms with Gasteiger partial charge in [-0.1, -0.05) is 5.16 Å². The molecule has 4 heteroatoms. The van der Waals surface area contributed by atoms with Crippen molar-refractivity contribution < 1.29 is 4.52 Å². The summed E-state index contributed by atoms with van der Waals surface area (Å²) in [5.74, 6) is 0.940. The zero-order valence-electron chi connectivity index (χ0n) is 9.49. The molecule has 0 saturated carbocycles. The molecule has 1 fully saturated rings. The standard InChI is InChI=1S/C11H19N3O/c1-8-11(9(2)15-13-8)7-14-5-3-4-10(14)6-12/h10H,3-7,12H2,1-2H3. The maximum Gasteiger partial charge on any atom is 0.138 e. The minimum Gasteiger partial charge on any atom is -0.361 e. The molecule has 2 heterocycles. The van der Waals surface area contributed by atoms with Crippen molar-refractivity contribution in [3.05, 3.63) is 17.0 Å². The molecule has 1 aliphatic heterocycles. The highest BCUT2D eigenvalue weighted by atomic mass is 16.5. The van der Waals surface area contributed by atoms with Crippen LogP contribution in [0.3, 0.4) is 0 Å². The number of hydrogen-bond acceptors (Lipinski definition) is 4. The number of nitrogens with two attached hydrogens (primary N) is 1. The van der Waals surface area contributed by atoms with Crippen LogP contribution < -0.4 is 5.73 Å². The number of hydrogen-bond donors (Lipinski definition) is 1. The molecule has 0 aliphatic carbocycles. The average Bonchev–Trinajstić information content (AvgIpc) is 2.79. The maximum absolute atomic E-state index is 5.75. The maximum atomic E-state index is 5.75. The first-order valence-electron chi connectivity index (χ1n) is 5.58. The molecule has 0 amide bonds. The van der Waals surface area contributed by atoms with Gasteiger partial charge >= 0.3 is 0 Å². The van der Waals surface area contributed by atoms with Crippen molar-refractivity contribution in [2.24, 2.45) is 5.73 Å². The first-order valence-corrected chi connectivity index (χ1v) is 5.58. The molecular formula is C11H19N3O. The molecule has 2 rings (SSSR count). The van der Waals surface area contributed by atoms with Crippen LogP contribution in [0.1, 0.15) is 29.9 Å². The molecule has 0 spiro atoms. The summed E-state index contributed by atoms with van der Waals surface area (Å²) in [6.45, 7) is 6.81. The molecule has 1 aromatic rings. The SMILES string of the molecule is Cc1noc(C)c1CN1CCCC1CN. The summed E-state index contributed by atoms with van der Waals surface area (Å²) >= 11 is 0. The molecule has 0 radical (unpaired) electrons. The molecule has 0 bridgehead atoms. The number of nitrogens with zero attached hydrogens (tertiary/aromatic N) is 2. The third-order valence-corrected chi connectivity index (χ3v) is 3.31. The van der Waals surface area contributed by atoms with E-state index in [1.54, 1.807) is 0 Å². The van der Waals surface area contributed by atoms with Gasteiger partial charge in [-0.15, -0.1) is 0 Å². The Morgan fingerprint density at radius 2 is 2.33 bits per heavy atom. The molecule has 0 aromatic carbocycles. The summed E-state index contributed by atoms with van der Waals surface area (Å²) in [5.41, 5.74) is 7.99. The van der Waals surface area contributed by atoms with Crippen LogP contribution in [-0.4, -0.2) is 29.2 Å². The van der Waals surface area contributed by atoms with Crippen molar-refractivity contribution in [2.45, 2.75) is 39.3 Å². The van der Waals surface area contributed by atoms with Crippen molar-refractivity contribution in [2.75, 3.05) is 13.1 Å². The predicted molar refractivity (Wildman–Crippen MR) is 58.5 cm³/mol. The molecule has 4 nitrogen and oxygen atoms in total. The van der Waals surface area contributed by atoms with Gasteiger partial charge in [0.15, 0.2) is 0 Å². The van der Waals surface area contributed by atoms with E-state index in [4.69, 9.17) is 10.3 Å². The minimum absolute atomic E-state index is 0.540. The van der Waals surface area contributed by atoms with E-state index in [1.165, 1.54) is 18.4 Å². The lowest BCUT2D eigenvalue weighted by Crippen LogP contribution is -2.35. The molecule has 1 unspecified atom stereocenters. The molecule has 15 heavy (non-hydrogen) atoms. The van der Waals surface area contributed by atoms with Gasteiger partial charge in [-0.2, -0.15) is 0 Å². The summed E-state index contributed by atoms with van der Waals surface area (Å²) in [4.78, 5) is 2.44. The Morgan fingerprint density at radius 1 is 1.53 bits per heavy atom. The first kappa shape index (κ1) is 10.6. The van der Waals surface area contributed by atoms with Gasteiger partial charge in [0.2, 0.25) is 0 Å². The van der Waals surface area contributed by atoms with Gasteiger partial charge < -0.3 is 10.3 Å². The average molecular weight is 209 g/mol. The second kappa shape index (κ2) is 4.33. The largest absolute Gasteiger partial charge is 0.361 e. The number of aryl methyl sites for hydroxylation is 2. The third-order valence-electron chi connectivity index (χ3n) is 3.31. The summed E-state index contributed by atoms with van der Waals surface area (Å²) < 4.78 is 5.17. The van der Waals surface area contributed by atoms with Gasteiger partial charge in [-0.25, -0.2) is 0 Å². The summed E-state index contributed by atoms with van der Waals surface area (Å²) in [6, 6.07) is 0.540. The summed E-state index contributed by atoms with van der Waals surface area (Å²) in [5, 5.41) is 3.98. The van der Waals surface area contributed by atoms with Gasteiger partial charge in [0.25, 0.3) is 0 Å². The predicted octanol–water partition coefficient (Wildman–Crippen LogP) is 1.21. The molecule has 1 aliphatic rings. The Balaban J connectivity index is 2.08. The van der Waals surface area contributed by atoms with Gasteiger partial charge in [-0.3, -0.25) is 4.90 Å². The first-order chi connectivity index (χ1) is 7.22. The second-order valence-corrected chi connectivity index (χ2v) is 4.30. The van der Waals surface area contributed by atoms with Crippen LogP contribution in [0.25, 0.3) is 0 Å². The van der Waals surface area contributed by atoms with Crippen LogP contribution in [0, 0.1) is 13.8 Å². The van der Waals surface area contributed by atoms with Crippen molar-refractivity contribution in [3.63, 3.8) is 0 Å². The van der Waals surface area contributed by atoms with Crippen LogP contribution in [0.5, 0.6) is 0 Å². The van der Waals surface area contributed by atoms with Gasteiger partial charge in [0.1, 0.15) is 5.76 Å². The van der Waals surface area contributed by atoms with Crippen molar-refractivity contribution in [1.82, 2.24) is 10.1 Å². The van der Waals surface area contributed by atoms with Crippen LogP contribution in [0.2, 0.25) is 0 Å². The topological polar surface area (TPSA) is 55.3 Å². The minimum atomic E-state index is 0.540. The smallest absolute Gasteiger partial charge is 0.138 e. The Bertz CT molecular complexity index is 315.